The zero-order valence-electron chi connectivity index (χ0n) is 6.03. The van der Waals surface area contributed by atoms with Gasteiger partial charge in [0.15, 0.2) is 0 Å². The average Bonchev–Trinajstić information content (AvgIpc) is 1.59. The molecule has 0 aliphatic carbocycles. The van der Waals surface area contributed by atoms with Crippen LogP contribution >= 0.6 is 0 Å². The van der Waals surface area contributed by atoms with Gasteiger partial charge >= 0.3 is 29.6 Å². The molecule has 0 atom stereocenters. The Balaban J connectivity index is -0.000000245. The summed E-state index contributed by atoms with van der Waals surface area (Å²) in [6, 6.07) is 1.59. The Morgan fingerprint density at radius 1 is 1.67 bits per heavy atom. The minimum atomic E-state index is -3.91. The first kappa shape index (κ1) is 12.1. The number of hydrogen-bond donors (Lipinski definition) is 1. The third-order valence-electron chi connectivity index (χ3n) is 0.472. The van der Waals surface area contributed by atoms with Crippen LogP contribution in [-0.2, 0) is 10.1 Å². The van der Waals surface area contributed by atoms with E-state index >= 15 is 0 Å². The summed E-state index contributed by atoms with van der Waals surface area (Å²) in [7, 11) is -3.91. The van der Waals surface area contributed by atoms with Gasteiger partial charge in [0.2, 0.25) is 0 Å². The first-order valence-electron chi connectivity index (χ1n) is 1.88. The van der Waals surface area contributed by atoms with Gasteiger partial charge in [-0.25, -0.2) is 0 Å². The number of rotatable bonds is 2. The zero-order chi connectivity index (χ0) is 6.62. The van der Waals surface area contributed by atoms with Crippen molar-refractivity contribution in [2.45, 2.75) is 6.42 Å². The molecule has 0 radical (unpaired) electrons. The molecule has 0 spiro atoms. The van der Waals surface area contributed by atoms with Crippen LogP contribution in [0.3, 0.4) is 0 Å². The molecule has 9 heavy (non-hydrogen) atoms. The second-order valence-corrected chi connectivity index (χ2v) is 2.77. The molecule has 6 heteroatoms. The van der Waals surface area contributed by atoms with Crippen LogP contribution in [0.1, 0.15) is 7.85 Å². The van der Waals surface area contributed by atoms with Crippen molar-refractivity contribution in [3.63, 3.8) is 0 Å². The average molecular weight is 159 g/mol. The van der Waals surface area contributed by atoms with Gasteiger partial charge in [-0.05, 0) is 0 Å². The van der Waals surface area contributed by atoms with E-state index < -0.39 is 15.9 Å². The van der Waals surface area contributed by atoms with Crippen molar-refractivity contribution < 1.29 is 44.0 Å². The van der Waals surface area contributed by atoms with Gasteiger partial charge in [-0.2, -0.15) is 13.7 Å². The van der Waals surface area contributed by atoms with Crippen molar-refractivity contribution in [1.82, 2.24) is 0 Å². The van der Waals surface area contributed by atoms with Gasteiger partial charge in [0.25, 0.3) is 10.1 Å². The van der Waals surface area contributed by atoms with E-state index in [1.54, 1.807) is 6.07 Å². The molecular formula is C3H6NNaO3S. The molecule has 0 aliphatic rings. The fourth-order valence-corrected chi connectivity index (χ4v) is 0.524. The Labute approximate surface area is 77.4 Å². The molecule has 0 aromatic heterocycles. The van der Waals surface area contributed by atoms with Gasteiger partial charge in [0.05, 0.1) is 18.2 Å². The van der Waals surface area contributed by atoms with Crippen LogP contribution in [0.4, 0.5) is 0 Å². The van der Waals surface area contributed by atoms with Crippen molar-refractivity contribution >= 4 is 10.1 Å². The molecule has 0 saturated carbocycles. The minimum absolute atomic E-state index is 0. The Kier molecular flexibility index (Phi) is 7.01. The predicted octanol–water partition coefficient (Wildman–Crippen LogP) is -3.10. The Morgan fingerprint density at radius 3 is 2.22 bits per heavy atom. The summed E-state index contributed by atoms with van der Waals surface area (Å²) in [6.45, 7) is 0. The summed E-state index contributed by atoms with van der Waals surface area (Å²) in [6.07, 6.45) is -0.154. The van der Waals surface area contributed by atoms with Crippen LogP contribution in [0.5, 0.6) is 0 Å². The van der Waals surface area contributed by atoms with Gasteiger partial charge in [-0.15, -0.1) is 0 Å². The molecule has 0 fully saturated rings. The molecule has 0 aromatic rings. The van der Waals surface area contributed by atoms with E-state index in [4.69, 9.17) is 9.81 Å². The van der Waals surface area contributed by atoms with Crippen LogP contribution in [0.2, 0.25) is 0 Å². The first-order valence-corrected chi connectivity index (χ1v) is 3.49. The van der Waals surface area contributed by atoms with Gasteiger partial charge in [-0.3, -0.25) is 4.55 Å². The van der Waals surface area contributed by atoms with Crippen molar-refractivity contribution in [2.24, 2.45) is 0 Å². The molecule has 0 bridgehead atoms. The molecule has 0 amide bonds. The monoisotopic (exact) mass is 159 g/mol. The molecule has 0 aromatic carbocycles. The molecular weight excluding hydrogens is 153 g/mol. The van der Waals surface area contributed by atoms with Crippen LogP contribution in [0.15, 0.2) is 0 Å². The first-order chi connectivity index (χ1) is 3.56. The second-order valence-electron chi connectivity index (χ2n) is 1.19. The standard InChI is InChI=1S/C3H5NO3S.Na.H/c4-2-1-3-8(5,6)7;;/h1,3H2,(H,5,6,7);;/q;+1;-1. The van der Waals surface area contributed by atoms with Crippen LogP contribution < -0.4 is 29.6 Å². The summed E-state index contributed by atoms with van der Waals surface area (Å²) in [5.74, 6) is -0.469. The van der Waals surface area contributed by atoms with Crippen molar-refractivity contribution in [2.75, 3.05) is 5.75 Å². The maximum absolute atomic E-state index is 9.79. The second kappa shape index (κ2) is 5.21. The normalized spacial score (nSPS) is 9.33. The molecule has 0 rings (SSSR count). The predicted molar refractivity (Wildman–Crippen MR) is 27.8 cm³/mol. The van der Waals surface area contributed by atoms with E-state index in [9.17, 15) is 8.42 Å². The zero-order valence-corrected chi connectivity index (χ0v) is 7.85. The van der Waals surface area contributed by atoms with E-state index in [1.165, 1.54) is 0 Å². The maximum atomic E-state index is 9.79. The summed E-state index contributed by atoms with van der Waals surface area (Å²) in [5, 5.41) is 7.80. The smallest absolute Gasteiger partial charge is 1.00 e. The number of nitriles is 1. The summed E-state index contributed by atoms with van der Waals surface area (Å²) >= 11 is 0. The van der Waals surface area contributed by atoms with Crippen LogP contribution in [0.25, 0.3) is 0 Å². The fraction of sp³-hybridized carbons (Fsp3) is 0.667. The molecule has 4 nitrogen and oxygen atoms in total. The molecule has 0 aliphatic heterocycles. The number of hydrogen-bond acceptors (Lipinski definition) is 3. The molecule has 0 unspecified atom stereocenters. The van der Waals surface area contributed by atoms with Gasteiger partial charge in [-0.1, -0.05) is 0 Å². The summed E-state index contributed by atoms with van der Waals surface area (Å²) in [4.78, 5) is 0. The number of nitrogens with zero attached hydrogens (tertiary/aromatic N) is 1. The van der Waals surface area contributed by atoms with E-state index in [0.717, 1.165) is 0 Å². The van der Waals surface area contributed by atoms with Crippen molar-refractivity contribution in [3.8, 4) is 6.07 Å². The summed E-state index contributed by atoms with van der Waals surface area (Å²) < 4.78 is 27.6. The molecule has 48 valence electrons. The van der Waals surface area contributed by atoms with Gasteiger partial charge in [0.1, 0.15) is 0 Å². The Hall–Kier alpha value is 0.400. The fourth-order valence-electron chi connectivity index (χ4n) is 0.175. The SMILES string of the molecule is N#CCCS(=O)(=O)O.[H-].[Na+]. The minimum Gasteiger partial charge on any atom is -1.00 e. The third-order valence-corrected chi connectivity index (χ3v) is 1.19. The van der Waals surface area contributed by atoms with Crippen LogP contribution in [-0.4, -0.2) is 18.7 Å². The van der Waals surface area contributed by atoms with Crippen LogP contribution in [0, 0.1) is 11.3 Å². The van der Waals surface area contributed by atoms with E-state index in [1.807, 2.05) is 0 Å². The van der Waals surface area contributed by atoms with E-state index in [0.29, 0.717) is 0 Å². The van der Waals surface area contributed by atoms with Crippen molar-refractivity contribution in [3.05, 3.63) is 0 Å². The van der Waals surface area contributed by atoms with E-state index in [2.05, 4.69) is 0 Å². The van der Waals surface area contributed by atoms with Crippen molar-refractivity contribution in [1.29, 1.82) is 5.26 Å². The molecule has 1 N–H and O–H groups in total. The summed E-state index contributed by atoms with van der Waals surface area (Å²) in [5.41, 5.74) is 0. The topological polar surface area (TPSA) is 78.2 Å². The largest absolute Gasteiger partial charge is 1.00 e. The third kappa shape index (κ3) is 11.8. The maximum Gasteiger partial charge on any atom is 1.00 e. The Bertz CT molecular complexity index is 196. The quantitative estimate of drug-likeness (QED) is 0.342. The molecule has 0 heterocycles. The van der Waals surface area contributed by atoms with Gasteiger partial charge in [0, 0.05) is 0 Å². The molecule has 0 saturated heterocycles. The van der Waals surface area contributed by atoms with E-state index in [-0.39, 0.29) is 37.4 Å². The Morgan fingerprint density at radius 2 is 2.11 bits per heavy atom. The van der Waals surface area contributed by atoms with Gasteiger partial charge < -0.3 is 1.43 Å².